The minimum absolute atomic E-state index is 0.0618. The summed E-state index contributed by atoms with van der Waals surface area (Å²) < 4.78 is 4.59. The van der Waals surface area contributed by atoms with E-state index in [0.29, 0.717) is 17.6 Å². The van der Waals surface area contributed by atoms with E-state index in [0.717, 1.165) is 0 Å². The molecule has 0 aromatic rings. The molecule has 0 radical (unpaired) electrons. The Labute approximate surface area is 93.9 Å². The minimum Gasteiger partial charge on any atom is -0.512 e. The molecule has 4 nitrogen and oxygen atoms in total. The highest BCUT2D eigenvalue weighted by Crippen LogP contribution is 2.27. The highest BCUT2D eigenvalue weighted by molar-refractivity contribution is 6.00. The Balaban J connectivity index is 3.06. The Hall–Kier alpha value is -1.84. The van der Waals surface area contributed by atoms with Crippen molar-refractivity contribution in [1.29, 1.82) is 0 Å². The highest BCUT2D eigenvalue weighted by Gasteiger charge is 2.23. The first kappa shape index (κ1) is 12.2. The van der Waals surface area contributed by atoms with Crippen molar-refractivity contribution in [3.63, 3.8) is 0 Å². The predicted molar refractivity (Wildman–Crippen MR) is 58.7 cm³/mol. The van der Waals surface area contributed by atoms with Crippen LogP contribution >= 0.6 is 0 Å². The number of rotatable bonds is 3. The van der Waals surface area contributed by atoms with Crippen molar-refractivity contribution < 1.29 is 19.4 Å². The summed E-state index contributed by atoms with van der Waals surface area (Å²) in [4.78, 5) is 22.6. The summed E-state index contributed by atoms with van der Waals surface area (Å²) in [5.41, 5.74) is 0.766. The lowest BCUT2D eigenvalue weighted by Crippen LogP contribution is -2.16. The van der Waals surface area contributed by atoms with E-state index < -0.39 is 11.9 Å². The lowest BCUT2D eigenvalue weighted by atomic mass is 9.88. The number of hydrogen-bond donors (Lipinski definition) is 1. The molecule has 0 aromatic carbocycles. The molecule has 0 aliphatic heterocycles. The van der Waals surface area contributed by atoms with Crippen LogP contribution in [0, 0.1) is 5.92 Å². The molecular weight excluding hydrogens is 208 g/mol. The van der Waals surface area contributed by atoms with Crippen LogP contribution in [0.1, 0.15) is 13.3 Å². The molecule has 1 aliphatic carbocycles. The third kappa shape index (κ3) is 2.59. The standard InChI is InChI=1S/C12H14O4/c1-7(13)9-4-10(8(2)14)6-11(5-9)12(15)16-3/h4,6,9,13H,1,5H2,2-3H3. The van der Waals surface area contributed by atoms with Crippen molar-refractivity contribution >= 4 is 11.8 Å². The Morgan fingerprint density at radius 3 is 2.62 bits per heavy atom. The maximum atomic E-state index is 11.4. The number of aliphatic hydroxyl groups excluding tert-OH is 1. The number of Topliss-reactive ketones (excluding diaryl/α,β-unsaturated/α-hetero) is 1. The van der Waals surface area contributed by atoms with Crippen LogP contribution in [0.3, 0.4) is 0 Å². The van der Waals surface area contributed by atoms with Gasteiger partial charge in [0, 0.05) is 17.1 Å². The fourth-order valence-corrected chi connectivity index (χ4v) is 1.51. The quantitative estimate of drug-likeness (QED) is 0.583. The predicted octanol–water partition coefficient (Wildman–Crippen LogP) is 1.69. The lowest BCUT2D eigenvalue weighted by molar-refractivity contribution is -0.136. The monoisotopic (exact) mass is 222 g/mol. The summed E-state index contributed by atoms with van der Waals surface area (Å²) in [5.74, 6) is -1.11. The Morgan fingerprint density at radius 2 is 2.19 bits per heavy atom. The first-order chi connectivity index (χ1) is 7.45. The summed E-state index contributed by atoms with van der Waals surface area (Å²) in [6.07, 6.45) is 3.41. The topological polar surface area (TPSA) is 63.6 Å². The molecule has 0 heterocycles. The molecule has 0 amide bonds. The molecule has 0 saturated heterocycles. The molecule has 86 valence electrons. The number of methoxy groups -OCH3 is 1. The van der Waals surface area contributed by atoms with E-state index in [9.17, 15) is 14.7 Å². The van der Waals surface area contributed by atoms with Crippen LogP contribution in [0.4, 0.5) is 0 Å². The van der Waals surface area contributed by atoms with E-state index >= 15 is 0 Å². The van der Waals surface area contributed by atoms with Gasteiger partial charge < -0.3 is 9.84 Å². The minimum atomic E-state index is -0.488. The maximum Gasteiger partial charge on any atom is 0.333 e. The van der Waals surface area contributed by atoms with Gasteiger partial charge in [0.25, 0.3) is 0 Å². The van der Waals surface area contributed by atoms with E-state index in [1.165, 1.54) is 20.1 Å². The Morgan fingerprint density at radius 1 is 1.56 bits per heavy atom. The molecule has 0 spiro atoms. The molecule has 4 heteroatoms. The van der Waals surface area contributed by atoms with E-state index in [1.54, 1.807) is 6.08 Å². The zero-order valence-corrected chi connectivity index (χ0v) is 9.32. The first-order valence-electron chi connectivity index (χ1n) is 4.85. The molecule has 16 heavy (non-hydrogen) atoms. The van der Waals surface area contributed by atoms with Crippen LogP contribution in [0.2, 0.25) is 0 Å². The fraction of sp³-hybridized carbons (Fsp3) is 0.333. The van der Waals surface area contributed by atoms with E-state index in [-0.39, 0.29) is 11.5 Å². The average molecular weight is 222 g/mol. The molecule has 1 rings (SSSR count). The summed E-state index contributed by atoms with van der Waals surface area (Å²) in [7, 11) is 1.28. The zero-order chi connectivity index (χ0) is 12.3. The number of ketones is 1. The van der Waals surface area contributed by atoms with Gasteiger partial charge in [-0.1, -0.05) is 12.7 Å². The maximum absolute atomic E-state index is 11.4. The molecule has 1 atom stereocenters. The van der Waals surface area contributed by atoms with Crippen molar-refractivity contribution in [1.82, 2.24) is 0 Å². The average Bonchev–Trinajstić information content (AvgIpc) is 2.27. The smallest absolute Gasteiger partial charge is 0.333 e. The van der Waals surface area contributed by atoms with E-state index in [2.05, 4.69) is 11.3 Å². The van der Waals surface area contributed by atoms with Crippen molar-refractivity contribution in [2.75, 3.05) is 7.11 Å². The normalized spacial score (nSPS) is 19.5. The van der Waals surface area contributed by atoms with Crippen molar-refractivity contribution in [3.05, 3.63) is 35.6 Å². The highest BCUT2D eigenvalue weighted by atomic mass is 16.5. The van der Waals surface area contributed by atoms with Gasteiger partial charge in [0.1, 0.15) is 0 Å². The third-order valence-electron chi connectivity index (χ3n) is 2.43. The summed E-state index contributed by atoms with van der Waals surface area (Å²) in [6, 6.07) is 0. The zero-order valence-electron chi connectivity index (χ0n) is 9.32. The van der Waals surface area contributed by atoms with E-state index in [4.69, 9.17) is 0 Å². The fourth-order valence-electron chi connectivity index (χ4n) is 1.51. The van der Waals surface area contributed by atoms with E-state index in [1.807, 2.05) is 0 Å². The molecule has 0 fully saturated rings. The second kappa shape index (κ2) is 4.79. The second-order valence-corrected chi connectivity index (χ2v) is 3.64. The van der Waals surface area contributed by atoms with Gasteiger partial charge in [0.2, 0.25) is 0 Å². The number of carbonyl (C=O) groups is 2. The van der Waals surface area contributed by atoms with Gasteiger partial charge in [-0.15, -0.1) is 0 Å². The van der Waals surface area contributed by atoms with Crippen LogP contribution in [-0.2, 0) is 14.3 Å². The van der Waals surface area contributed by atoms with Gasteiger partial charge in [0.05, 0.1) is 12.9 Å². The molecule has 0 aromatic heterocycles. The van der Waals surface area contributed by atoms with Crippen LogP contribution in [-0.4, -0.2) is 24.0 Å². The largest absolute Gasteiger partial charge is 0.512 e. The van der Waals surface area contributed by atoms with Gasteiger partial charge in [0.15, 0.2) is 5.78 Å². The summed E-state index contributed by atoms with van der Waals surface area (Å²) in [6.45, 7) is 4.82. The lowest BCUT2D eigenvalue weighted by Gasteiger charge is -2.18. The second-order valence-electron chi connectivity index (χ2n) is 3.64. The molecule has 1 aliphatic rings. The Kier molecular flexibility index (Phi) is 3.66. The van der Waals surface area contributed by atoms with Gasteiger partial charge >= 0.3 is 5.97 Å². The molecular formula is C12H14O4. The number of allylic oxidation sites excluding steroid dienone is 3. The molecule has 1 N–H and O–H groups in total. The number of esters is 1. The number of carbonyl (C=O) groups excluding carboxylic acids is 2. The van der Waals surface area contributed by atoms with Gasteiger partial charge in [-0.2, -0.15) is 0 Å². The molecule has 0 saturated carbocycles. The number of aliphatic hydroxyl groups is 1. The van der Waals surface area contributed by atoms with Crippen LogP contribution < -0.4 is 0 Å². The van der Waals surface area contributed by atoms with Crippen molar-refractivity contribution in [3.8, 4) is 0 Å². The van der Waals surface area contributed by atoms with Crippen LogP contribution in [0.25, 0.3) is 0 Å². The number of ether oxygens (including phenoxy) is 1. The molecule has 1 unspecified atom stereocenters. The number of hydrogen-bond acceptors (Lipinski definition) is 4. The summed E-state index contributed by atoms with van der Waals surface area (Å²) in [5, 5.41) is 9.32. The summed E-state index contributed by atoms with van der Waals surface area (Å²) >= 11 is 0. The van der Waals surface area contributed by atoms with Gasteiger partial charge in [-0.25, -0.2) is 4.79 Å². The van der Waals surface area contributed by atoms with Crippen LogP contribution in [0.5, 0.6) is 0 Å². The van der Waals surface area contributed by atoms with Gasteiger partial charge in [-0.05, 0) is 19.4 Å². The molecule has 0 bridgehead atoms. The van der Waals surface area contributed by atoms with Gasteiger partial charge in [-0.3, -0.25) is 4.79 Å². The third-order valence-corrected chi connectivity index (χ3v) is 2.43. The SMILES string of the molecule is C=C(O)C1C=C(C(C)=O)C=C(C(=O)OC)C1. The Bertz CT molecular complexity index is 401. The van der Waals surface area contributed by atoms with Crippen molar-refractivity contribution in [2.24, 2.45) is 5.92 Å². The van der Waals surface area contributed by atoms with Crippen molar-refractivity contribution in [2.45, 2.75) is 13.3 Å². The first-order valence-corrected chi connectivity index (χ1v) is 4.85. The van der Waals surface area contributed by atoms with Crippen LogP contribution in [0.15, 0.2) is 35.6 Å².